The summed E-state index contributed by atoms with van der Waals surface area (Å²) >= 11 is 3.73. The lowest BCUT2D eigenvalue weighted by atomic mass is 9.92. The molecule has 0 spiro atoms. The average molecular weight is 269 g/mol. The minimum atomic E-state index is 0.0843. The fraction of sp³-hybridized carbons (Fsp3) is 0.538. The van der Waals surface area contributed by atoms with Gasteiger partial charge in [0.25, 0.3) is 0 Å². The Bertz CT molecular complexity index is 327. The van der Waals surface area contributed by atoms with Crippen molar-refractivity contribution in [3.8, 4) is 0 Å². The van der Waals surface area contributed by atoms with Gasteiger partial charge in [-0.3, -0.25) is 0 Å². The molecule has 0 aliphatic carbocycles. The quantitative estimate of drug-likeness (QED) is 0.758. The van der Waals surface area contributed by atoms with Gasteiger partial charge in [0.15, 0.2) is 0 Å². The maximum atomic E-state index is 5.24. The Balaban J connectivity index is 2.17. The molecule has 2 rings (SSSR count). The summed E-state index contributed by atoms with van der Waals surface area (Å²) in [7, 11) is 0. The van der Waals surface area contributed by atoms with Crippen LogP contribution in [0, 0.1) is 0 Å². The van der Waals surface area contributed by atoms with E-state index in [9.17, 15) is 0 Å². The Morgan fingerprint density at radius 2 is 1.93 bits per heavy atom. The fourth-order valence-corrected chi connectivity index (χ4v) is 2.38. The van der Waals surface area contributed by atoms with Crippen molar-refractivity contribution in [1.82, 2.24) is 0 Å². The lowest BCUT2D eigenvalue weighted by Crippen LogP contribution is -2.40. The van der Waals surface area contributed by atoms with Gasteiger partial charge in [0.05, 0.1) is 17.5 Å². The highest BCUT2D eigenvalue weighted by molar-refractivity contribution is 9.09. The minimum absolute atomic E-state index is 0.0843. The summed E-state index contributed by atoms with van der Waals surface area (Å²) in [5.74, 6) is 0.656. The largest absolute Gasteiger partial charge is 0.378 e. The molecule has 2 heteroatoms. The minimum Gasteiger partial charge on any atom is -0.378 e. The van der Waals surface area contributed by atoms with Crippen LogP contribution in [0.3, 0.4) is 0 Å². The number of benzene rings is 1. The second-order valence-electron chi connectivity index (χ2n) is 4.39. The third-order valence-electron chi connectivity index (χ3n) is 3.27. The first-order chi connectivity index (χ1) is 7.15. The van der Waals surface area contributed by atoms with Crippen LogP contribution in [0.25, 0.3) is 0 Å². The second kappa shape index (κ2) is 4.26. The molecule has 0 aromatic heterocycles. The molecule has 1 fully saturated rings. The van der Waals surface area contributed by atoms with E-state index in [1.807, 2.05) is 0 Å². The van der Waals surface area contributed by atoms with Crippen molar-refractivity contribution in [3.05, 3.63) is 35.4 Å². The fourth-order valence-electron chi connectivity index (χ4n) is 1.79. The molecule has 82 valence electrons. The maximum Gasteiger partial charge on any atom is 0.0971 e. The Labute approximate surface area is 100.0 Å². The Morgan fingerprint density at radius 3 is 2.33 bits per heavy atom. The van der Waals surface area contributed by atoms with E-state index < -0.39 is 0 Å². The number of alkyl halides is 1. The third-order valence-corrected chi connectivity index (χ3v) is 4.19. The molecular weight excluding hydrogens is 252 g/mol. The molecule has 1 heterocycles. The standard InChI is InChI=1S/C13H17BrO/c1-3-10(2)11-4-6-12(7-5-11)13(14)8-15-9-13/h4-7,10H,3,8-9H2,1-2H3. The molecule has 1 nitrogen and oxygen atoms in total. The lowest BCUT2D eigenvalue weighted by Gasteiger charge is -2.36. The van der Waals surface area contributed by atoms with Crippen LogP contribution in [0.2, 0.25) is 0 Å². The van der Waals surface area contributed by atoms with Crippen LogP contribution in [0.4, 0.5) is 0 Å². The molecule has 1 aromatic rings. The number of hydrogen-bond donors (Lipinski definition) is 0. The van der Waals surface area contributed by atoms with Crippen molar-refractivity contribution in [3.63, 3.8) is 0 Å². The van der Waals surface area contributed by atoms with Gasteiger partial charge in [-0.25, -0.2) is 0 Å². The Morgan fingerprint density at radius 1 is 1.33 bits per heavy atom. The van der Waals surface area contributed by atoms with Crippen LogP contribution < -0.4 is 0 Å². The summed E-state index contributed by atoms with van der Waals surface area (Å²) in [5, 5.41) is 0. The predicted octanol–water partition coefficient (Wildman–Crippen LogP) is 3.82. The second-order valence-corrected chi connectivity index (χ2v) is 5.91. The van der Waals surface area contributed by atoms with Gasteiger partial charge >= 0.3 is 0 Å². The van der Waals surface area contributed by atoms with Crippen molar-refractivity contribution in [2.75, 3.05) is 13.2 Å². The van der Waals surface area contributed by atoms with Crippen molar-refractivity contribution in [1.29, 1.82) is 0 Å². The van der Waals surface area contributed by atoms with Crippen LogP contribution in [-0.4, -0.2) is 13.2 Å². The first kappa shape index (κ1) is 11.2. The van der Waals surface area contributed by atoms with E-state index in [4.69, 9.17) is 4.74 Å². The highest BCUT2D eigenvalue weighted by atomic mass is 79.9. The SMILES string of the molecule is CCC(C)c1ccc(C2(Br)COC2)cc1. The van der Waals surface area contributed by atoms with Crippen LogP contribution in [0.5, 0.6) is 0 Å². The molecule has 1 unspecified atom stereocenters. The molecule has 0 amide bonds. The van der Waals surface area contributed by atoms with Crippen LogP contribution in [0.1, 0.15) is 37.3 Å². The summed E-state index contributed by atoms with van der Waals surface area (Å²) in [5.41, 5.74) is 2.76. The summed E-state index contributed by atoms with van der Waals surface area (Å²) in [4.78, 5) is 0. The molecular formula is C13H17BrO. The van der Waals surface area contributed by atoms with E-state index in [0.717, 1.165) is 13.2 Å². The molecule has 0 radical (unpaired) electrons. The first-order valence-corrected chi connectivity index (χ1v) is 6.32. The van der Waals surface area contributed by atoms with Gasteiger partial charge < -0.3 is 4.74 Å². The van der Waals surface area contributed by atoms with Crippen molar-refractivity contribution < 1.29 is 4.74 Å². The van der Waals surface area contributed by atoms with Crippen molar-refractivity contribution >= 4 is 15.9 Å². The highest BCUT2D eigenvalue weighted by Crippen LogP contribution is 2.38. The van der Waals surface area contributed by atoms with Crippen molar-refractivity contribution in [2.24, 2.45) is 0 Å². The van der Waals surface area contributed by atoms with E-state index >= 15 is 0 Å². The van der Waals surface area contributed by atoms with Gasteiger partial charge in [0, 0.05) is 0 Å². The van der Waals surface area contributed by atoms with E-state index in [0.29, 0.717) is 5.92 Å². The first-order valence-electron chi connectivity index (χ1n) is 5.53. The number of rotatable bonds is 3. The molecule has 1 aromatic carbocycles. The summed E-state index contributed by atoms with van der Waals surface area (Å²) in [6.07, 6.45) is 1.20. The van der Waals surface area contributed by atoms with E-state index in [1.54, 1.807) is 0 Å². The molecule has 1 aliphatic heterocycles. The van der Waals surface area contributed by atoms with Gasteiger partial charge in [-0.05, 0) is 23.5 Å². The topological polar surface area (TPSA) is 9.23 Å². The van der Waals surface area contributed by atoms with Gasteiger partial charge in [0.2, 0.25) is 0 Å². The molecule has 1 saturated heterocycles. The Hall–Kier alpha value is -0.340. The predicted molar refractivity (Wildman–Crippen MR) is 66.6 cm³/mol. The summed E-state index contributed by atoms with van der Waals surface area (Å²) < 4.78 is 5.33. The third kappa shape index (κ3) is 2.11. The Kier molecular flexibility index (Phi) is 3.17. The molecule has 0 saturated carbocycles. The van der Waals surface area contributed by atoms with E-state index in [1.165, 1.54) is 17.5 Å². The molecule has 1 atom stereocenters. The highest BCUT2D eigenvalue weighted by Gasteiger charge is 2.37. The summed E-state index contributed by atoms with van der Waals surface area (Å²) in [6.45, 7) is 6.07. The van der Waals surface area contributed by atoms with Crippen LogP contribution in [0.15, 0.2) is 24.3 Å². The number of ether oxygens (including phenoxy) is 1. The van der Waals surface area contributed by atoms with Gasteiger partial charge in [-0.15, -0.1) is 0 Å². The maximum absolute atomic E-state index is 5.24. The van der Waals surface area contributed by atoms with E-state index in [-0.39, 0.29) is 4.32 Å². The molecule has 1 aliphatic rings. The zero-order valence-corrected chi connectivity index (χ0v) is 10.9. The van der Waals surface area contributed by atoms with Crippen molar-refractivity contribution in [2.45, 2.75) is 30.5 Å². The van der Waals surface area contributed by atoms with Gasteiger partial charge in [0.1, 0.15) is 0 Å². The van der Waals surface area contributed by atoms with Gasteiger partial charge in [-0.1, -0.05) is 54.0 Å². The normalized spacial score (nSPS) is 20.7. The van der Waals surface area contributed by atoms with Gasteiger partial charge in [-0.2, -0.15) is 0 Å². The van der Waals surface area contributed by atoms with E-state index in [2.05, 4.69) is 54.0 Å². The van der Waals surface area contributed by atoms with Crippen LogP contribution in [-0.2, 0) is 9.06 Å². The molecule has 0 N–H and O–H groups in total. The van der Waals surface area contributed by atoms with Crippen LogP contribution >= 0.6 is 15.9 Å². The zero-order valence-electron chi connectivity index (χ0n) is 9.29. The monoisotopic (exact) mass is 268 g/mol. The lowest BCUT2D eigenvalue weighted by molar-refractivity contribution is -0.00699. The number of halogens is 1. The smallest absolute Gasteiger partial charge is 0.0971 e. The average Bonchev–Trinajstić information content (AvgIpc) is 2.25. The molecule has 15 heavy (non-hydrogen) atoms. The summed E-state index contributed by atoms with van der Waals surface area (Å²) in [6, 6.07) is 8.92. The zero-order chi connectivity index (χ0) is 10.9. The number of hydrogen-bond acceptors (Lipinski definition) is 1. The molecule has 0 bridgehead atoms.